The highest BCUT2D eigenvalue weighted by Gasteiger charge is 2.10. The van der Waals surface area contributed by atoms with Gasteiger partial charge in [0.2, 0.25) is 11.8 Å². The molecule has 10 heteroatoms. The zero-order valence-electron chi connectivity index (χ0n) is 15.8. The van der Waals surface area contributed by atoms with E-state index in [-0.39, 0.29) is 34.9 Å². The lowest BCUT2D eigenvalue weighted by Gasteiger charge is -2.11. The minimum absolute atomic E-state index is 0.00430. The molecule has 30 heavy (non-hydrogen) atoms. The summed E-state index contributed by atoms with van der Waals surface area (Å²) >= 11 is 5.08. The first-order chi connectivity index (χ1) is 14.4. The van der Waals surface area contributed by atoms with Gasteiger partial charge in [-0.1, -0.05) is 12.1 Å². The topological polar surface area (TPSA) is 88.2 Å². The van der Waals surface area contributed by atoms with Crippen molar-refractivity contribution in [2.75, 3.05) is 17.7 Å². The van der Waals surface area contributed by atoms with Gasteiger partial charge in [-0.2, -0.15) is 0 Å². The summed E-state index contributed by atoms with van der Waals surface area (Å²) < 4.78 is 32.7. The molecule has 1 heterocycles. The zero-order chi connectivity index (χ0) is 21.5. The van der Waals surface area contributed by atoms with Gasteiger partial charge in [0, 0.05) is 24.9 Å². The van der Waals surface area contributed by atoms with Gasteiger partial charge in [0.25, 0.3) is 0 Å². The Morgan fingerprint density at radius 2 is 1.87 bits per heavy atom. The fourth-order valence-corrected chi connectivity index (χ4v) is 2.66. The molecule has 0 radical (unpaired) electrons. The number of anilines is 2. The van der Waals surface area contributed by atoms with E-state index in [1.54, 1.807) is 7.05 Å². The van der Waals surface area contributed by atoms with E-state index in [0.717, 1.165) is 0 Å². The number of hydrogen-bond donors (Lipinski definition) is 3. The summed E-state index contributed by atoms with van der Waals surface area (Å²) in [4.78, 5) is 19.9. The lowest BCUT2D eigenvalue weighted by atomic mass is 10.1. The van der Waals surface area contributed by atoms with Crippen molar-refractivity contribution >= 4 is 34.7 Å². The molecule has 2 aromatic carbocycles. The van der Waals surface area contributed by atoms with E-state index < -0.39 is 5.82 Å². The Hall–Kier alpha value is -3.66. The van der Waals surface area contributed by atoms with Crippen molar-refractivity contribution in [1.29, 1.82) is 0 Å². The zero-order valence-corrected chi connectivity index (χ0v) is 16.6. The Labute approximate surface area is 176 Å². The lowest BCUT2D eigenvalue weighted by molar-refractivity contribution is -0.119. The SMILES string of the molecule is CNc1cc(Oc2ccc(NC(=S)NC(=O)Cc3ccc(F)cc3)cc2F)ncn1. The molecule has 0 spiro atoms. The van der Waals surface area contributed by atoms with E-state index in [9.17, 15) is 13.6 Å². The molecule has 3 aromatic rings. The summed E-state index contributed by atoms with van der Waals surface area (Å²) in [6.45, 7) is 0. The molecule has 0 bridgehead atoms. The summed E-state index contributed by atoms with van der Waals surface area (Å²) in [5, 5.41) is 8.05. The average Bonchev–Trinajstić information content (AvgIpc) is 2.72. The highest BCUT2D eigenvalue weighted by molar-refractivity contribution is 7.80. The maximum atomic E-state index is 14.4. The van der Waals surface area contributed by atoms with Gasteiger partial charge in [0.05, 0.1) is 6.42 Å². The standard InChI is InChI=1S/C20H17F2N5O2S/c1-23-17-10-19(25-11-24-17)29-16-7-6-14(9-15(16)22)26-20(30)27-18(28)8-12-2-4-13(21)5-3-12/h2-7,9-11H,8H2,1H3,(H,23,24,25)(H2,26,27,28,30). The van der Waals surface area contributed by atoms with Crippen molar-refractivity contribution in [2.45, 2.75) is 6.42 Å². The molecule has 1 amide bonds. The van der Waals surface area contributed by atoms with Crippen LogP contribution in [0.25, 0.3) is 0 Å². The number of aromatic nitrogens is 2. The van der Waals surface area contributed by atoms with Gasteiger partial charge in [-0.05, 0) is 42.0 Å². The third kappa shape index (κ3) is 5.92. The normalized spacial score (nSPS) is 10.2. The minimum Gasteiger partial charge on any atom is -0.436 e. The predicted molar refractivity (Wildman–Crippen MR) is 113 cm³/mol. The Morgan fingerprint density at radius 3 is 2.57 bits per heavy atom. The van der Waals surface area contributed by atoms with Gasteiger partial charge >= 0.3 is 0 Å². The molecule has 0 fully saturated rings. The molecule has 7 nitrogen and oxygen atoms in total. The maximum Gasteiger partial charge on any atom is 0.230 e. The monoisotopic (exact) mass is 429 g/mol. The quantitative estimate of drug-likeness (QED) is 0.516. The van der Waals surface area contributed by atoms with Crippen molar-refractivity contribution in [1.82, 2.24) is 15.3 Å². The Bertz CT molecular complexity index is 1060. The predicted octanol–water partition coefficient (Wildman–Crippen LogP) is 3.64. The molecule has 0 saturated heterocycles. The first-order valence-corrected chi connectivity index (χ1v) is 9.16. The van der Waals surface area contributed by atoms with Crippen LogP contribution in [-0.2, 0) is 11.2 Å². The van der Waals surface area contributed by atoms with E-state index in [4.69, 9.17) is 17.0 Å². The summed E-state index contributed by atoms with van der Waals surface area (Å²) in [6, 6.07) is 11.2. The number of hydrogen-bond acceptors (Lipinski definition) is 6. The molecule has 0 saturated carbocycles. The molecular weight excluding hydrogens is 412 g/mol. The second kappa shape index (κ2) is 9.70. The number of benzene rings is 2. The van der Waals surface area contributed by atoms with E-state index in [0.29, 0.717) is 17.1 Å². The third-order valence-electron chi connectivity index (χ3n) is 3.83. The fraction of sp³-hybridized carbons (Fsp3) is 0.100. The van der Waals surface area contributed by atoms with Gasteiger partial charge in [-0.25, -0.2) is 18.7 Å². The number of rotatable bonds is 6. The van der Waals surface area contributed by atoms with Crippen molar-refractivity contribution in [2.24, 2.45) is 0 Å². The molecule has 0 aliphatic carbocycles. The van der Waals surface area contributed by atoms with E-state index in [1.807, 2.05) is 0 Å². The van der Waals surface area contributed by atoms with Crippen LogP contribution in [0.5, 0.6) is 11.6 Å². The van der Waals surface area contributed by atoms with Crippen LogP contribution in [0.2, 0.25) is 0 Å². The summed E-state index contributed by atoms with van der Waals surface area (Å²) in [6.07, 6.45) is 1.32. The second-order valence-electron chi connectivity index (χ2n) is 6.04. The Kier molecular flexibility index (Phi) is 6.81. The third-order valence-corrected chi connectivity index (χ3v) is 4.04. The van der Waals surface area contributed by atoms with Crippen LogP contribution in [0, 0.1) is 11.6 Å². The van der Waals surface area contributed by atoms with Crippen LogP contribution in [0.1, 0.15) is 5.56 Å². The summed E-state index contributed by atoms with van der Waals surface area (Å²) in [5.41, 5.74) is 0.959. The number of nitrogens with one attached hydrogen (secondary N) is 3. The van der Waals surface area contributed by atoms with Crippen LogP contribution in [0.3, 0.4) is 0 Å². The highest BCUT2D eigenvalue weighted by Crippen LogP contribution is 2.26. The maximum absolute atomic E-state index is 14.4. The van der Waals surface area contributed by atoms with E-state index >= 15 is 0 Å². The molecule has 154 valence electrons. The molecule has 1 aromatic heterocycles. The number of amides is 1. The molecule has 0 unspecified atom stereocenters. The number of halogens is 2. The molecule has 0 aliphatic rings. The van der Waals surface area contributed by atoms with Crippen molar-refractivity contribution in [3.05, 3.63) is 72.1 Å². The lowest BCUT2D eigenvalue weighted by Crippen LogP contribution is -2.35. The molecule has 0 aliphatic heterocycles. The van der Waals surface area contributed by atoms with Crippen molar-refractivity contribution < 1.29 is 18.3 Å². The Morgan fingerprint density at radius 1 is 1.10 bits per heavy atom. The number of thiocarbonyl (C=S) groups is 1. The fourth-order valence-electron chi connectivity index (χ4n) is 2.43. The van der Waals surface area contributed by atoms with Gasteiger partial charge in [0.15, 0.2) is 16.7 Å². The average molecular weight is 429 g/mol. The van der Waals surface area contributed by atoms with Crippen LogP contribution in [0.4, 0.5) is 20.3 Å². The summed E-state index contributed by atoms with van der Waals surface area (Å²) in [5.74, 6) is -0.743. The first kappa shape index (κ1) is 21.1. The number of ether oxygens (including phenoxy) is 1. The van der Waals surface area contributed by atoms with E-state index in [2.05, 4.69) is 25.9 Å². The van der Waals surface area contributed by atoms with Crippen molar-refractivity contribution in [3.63, 3.8) is 0 Å². The van der Waals surface area contributed by atoms with Gasteiger partial charge < -0.3 is 20.7 Å². The molecule has 3 N–H and O–H groups in total. The smallest absolute Gasteiger partial charge is 0.230 e. The number of nitrogens with zero attached hydrogens (tertiary/aromatic N) is 2. The molecular formula is C20H17F2N5O2S. The van der Waals surface area contributed by atoms with Crippen LogP contribution in [-0.4, -0.2) is 28.0 Å². The number of carbonyl (C=O) groups is 1. The van der Waals surface area contributed by atoms with Crippen LogP contribution < -0.4 is 20.7 Å². The minimum atomic E-state index is -0.648. The largest absolute Gasteiger partial charge is 0.436 e. The van der Waals surface area contributed by atoms with E-state index in [1.165, 1.54) is 54.9 Å². The Balaban J connectivity index is 1.57. The number of carbonyl (C=O) groups excluding carboxylic acids is 1. The van der Waals surface area contributed by atoms with Gasteiger partial charge in [0.1, 0.15) is 18.0 Å². The second-order valence-corrected chi connectivity index (χ2v) is 6.45. The highest BCUT2D eigenvalue weighted by atomic mass is 32.1. The molecule has 3 rings (SSSR count). The van der Waals surface area contributed by atoms with Crippen LogP contribution >= 0.6 is 12.2 Å². The molecule has 0 atom stereocenters. The van der Waals surface area contributed by atoms with Crippen LogP contribution in [0.15, 0.2) is 54.9 Å². The van der Waals surface area contributed by atoms with Gasteiger partial charge in [-0.15, -0.1) is 0 Å². The van der Waals surface area contributed by atoms with Crippen molar-refractivity contribution in [3.8, 4) is 11.6 Å². The summed E-state index contributed by atoms with van der Waals surface area (Å²) in [7, 11) is 1.69. The van der Waals surface area contributed by atoms with Gasteiger partial charge in [-0.3, -0.25) is 4.79 Å². The first-order valence-electron chi connectivity index (χ1n) is 8.75.